The molecule has 2 aromatic carbocycles. The molecule has 2 aromatic rings. The van der Waals surface area contributed by atoms with E-state index < -0.39 is 12.3 Å². The molecule has 6 nitrogen and oxygen atoms in total. The lowest BCUT2D eigenvalue weighted by molar-refractivity contribution is -0.274. The second-order valence-corrected chi connectivity index (χ2v) is 7.30. The van der Waals surface area contributed by atoms with E-state index in [1.165, 1.54) is 19.1 Å². The van der Waals surface area contributed by atoms with E-state index >= 15 is 0 Å². The van der Waals surface area contributed by atoms with Gasteiger partial charge in [0.05, 0.1) is 25.4 Å². The summed E-state index contributed by atoms with van der Waals surface area (Å²) in [5, 5.41) is 0. The summed E-state index contributed by atoms with van der Waals surface area (Å²) in [7, 11) is 0. The molecule has 0 N–H and O–H groups in total. The summed E-state index contributed by atoms with van der Waals surface area (Å²) in [6, 6.07) is 9.87. The molecule has 1 heterocycles. The number of ether oxygens (including phenoxy) is 5. The van der Waals surface area contributed by atoms with Crippen LogP contribution in [0.4, 0.5) is 13.2 Å². The standard InChI is InChI=1S/C21H21F3O6/c1-14-9-15(3-8-18(14)30-21(22,23)24)19(25)29-17-6-4-16(5-7-17)28-13-27-12-20(2)10-26-11-20/h3-9H,10-13H2,1-2H3. The predicted octanol–water partition coefficient (Wildman–Crippen LogP) is 4.50. The SMILES string of the molecule is Cc1cc(C(=O)Oc2ccc(OCOCC3(C)COC3)cc2)ccc1OC(F)(F)F. The second-order valence-electron chi connectivity index (χ2n) is 7.30. The van der Waals surface area contributed by atoms with Crippen LogP contribution in [0.15, 0.2) is 42.5 Å². The third-order valence-corrected chi connectivity index (χ3v) is 4.33. The first kappa shape index (κ1) is 21.9. The summed E-state index contributed by atoms with van der Waals surface area (Å²) in [5.74, 6) is -0.277. The first-order valence-corrected chi connectivity index (χ1v) is 9.11. The van der Waals surface area contributed by atoms with Gasteiger partial charge in [-0.3, -0.25) is 0 Å². The summed E-state index contributed by atoms with van der Waals surface area (Å²) >= 11 is 0. The highest BCUT2D eigenvalue weighted by atomic mass is 19.4. The summed E-state index contributed by atoms with van der Waals surface area (Å²) in [6.45, 7) is 5.44. The van der Waals surface area contributed by atoms with Crippen LogP contribution in [0, 0.1) is 12.3 Å². The maximum absolute atomic E-state index is 12.3. The summed E-state index contributed by atoms with van der Waals surface area (Å²) in [6.07, 6.45) is -4.80. The molecule has 1 saturated heterocycles. The molecule has 0 aliphatic carbocycles. The molecule has 3 rings (SSSR count). The number of carbonyl (C=O) groups excluding carboxylic acids is 1. The normalized spacial score (nSPS) is 15.2. The van der Waals surface area contributed by atoms with Gasteiger partial charge in [0.2, 0.25) is 0 Å². The van der Waals surface area contributed by atoms with Crippen molar-refractivity contribution in [3.8, 4) is 17.2 Å². The number of alkyl halides is 3. The second kappa shape index (κ2) is 8.93. The molecular weight excluding hydrogens is 405 g/mol. The smallest absolute Gasteiger partial charge is 0.468 e. The Morgan fingerprint density at radius 3 is 2.33 bits per heavy atom. The Balaban J connectivity index is 1.49. The summed E-state index contributed by atoms with van der Waals surface area (Å²) in [5.41, 5.74) is 0.300. The fourth-order valence-corrected chi connectivity index (χ4v) is 2.72. The Hall–Kier alpha value is -2.78. The maximum Gasteiger partial charge on any atom is 0.573 e. The first-order valence-electron chi connectivity index (χ1n) is 9.11. The lowest BCUT2D eigenvalue weighted by atomic mass is 9.90. The van der Waals surface area contributed by atoms with E-state index in [1.807, 2.05) is 0 Å². The van der Waals surface area contributed by atoms with Crippen molar-refractivity contribution in [3.63, 3.8) is 0 Å². The minimum absolute atomic E-state index is 0.0385. The molecule has 1 aliphatic rings. The predicted molar refractivity (Wildman–Crippen MR) is 99.6 cm³/mol. The zero-order valence-electron chi connectivity index (χ0n) is 16.5. The van der Waals surface area contributed by atoms with E-state index in [4.69, 9.17) is 18.9 Å². The largest absolute Gasteiger partial charge is 0.573 e. The molecule has 30 heavy (non-hydrogen) atoms. The number of hydrogen-bond acceptors (Lipinski definition) is 6. The molecule has 0 atom stereocenters. The number of benzene rings is 2. The van der Waals surface area contributed by atoms with Gasteiger partial charge in [-0.25, -0.2) is 4.79 Å². The molecule has 1 aliphatic heterocycles. The summed E-state index contributed by atoms with van der Waals surface area (Å²) < 4.78 is 62.2. The van der Waals surface area contributed by atoms with Gasteiger partial charge < -0.3 is 23.7 Å². The van der Waals surface area contributed by atoms with Gasteiger partial charge in [-0.05, 0) is 55.0 Å². The molecule has 0 radical (unpaired) electrons. The molecule has 9 heteroatoms. The van der Waals surface area contributed by atoms with Crippen LogP contribution in [0.1, 0.15) is 22.8 Å². The molecule has 0 aromatic heterocycles. The van der Waals surface area contributed by atoms with Gasteiger partial charge >= 0.3 is 12.3 Å². The van der Waals surface area contributed by atoms with Crippen molar-refractivity contribution >= 4 is 5.97 Å². The van der Waals surface area contributed by atoms with Crippen LogP contribution in [0.25, 0.3) is 0 Å². The zero-order chi connectivity index (χ0) is 21.8. The van der Waals surface area contributed by atoms with Crippen molar-refractivity contribution < 1.29 is 41.7 Å². The van der Waals surface area contributed by atoms with Crippen LogP contribution < -0.4 is 14.2 Å². The maximum atomic E-state index is 12.3. The fourth-order valence-electron chi connectivity index (χ4n) is 2.72. The Kier molecular flexibility index (Phi) is 6.52. The van der Waals surface area contributed by atoms with Gasteiger partial charge in [0.25, 0.3) is 0 Å². The minimum atomic E-state index is -4.80. The van der Waals surface area contributed by atoms with Crippen molar-refractivity contribution in [2.45, 2.75) is 20.2 Å². The van der Waals surface area contributed by atoms with Crippen molar-refractivity contribution in [2.24, 2.45) is 5.41 Å². The van der Waals surface area contributed by atoms with Crippen LogP contribution in [-0.2, 0) is 9.47 Å². The van der Waals surface area contributed by atoms with Gasteiger partial charge in [-0.2, -0.15) is 0 Å². The third-order valence-electron chi connectivity index (χ3n) is 4.33. The zero-order valence-corrected chi connectivity index (χ0v) is 16.5. The van der Waals surface area contributed by atoms with Gasteiger partial charge in [-0.1, -0.05) is 6.92 Å². The van der Waals surface area contributed by atoms with Crippen LogP contribution in [0.5, 0.6) is 17.2 Å². The molecule has 0 bridgehead atoms. The van der Waals surface area contributed by atoms with Gasteiger partial charge in [0.15, 0.2) is 6.79 Å². The number of esters is 1. The number of rotatable bonds is 8. The quantitative estimate of drug-likeness (QED) is 0.268. The highest BCUT2D eigenvalue weighted by Gasteiger charge is 2.33. The number of carbonyl (C=O) groups is 1. The van der Waals surface area contributed by atoms with Crippen LogP contribution >= 0.6 is 0 Å². The topological polar surface area (TPSA) is 63.2 Å². The molecule has 162 valence electrons. The Morgan fingerprint density at radius 1 is 1.10 bits per heavy atom. The van der Waals surface area contributed by atoms with E-state index in [9.17, 15) is 18.0 Å². The lowest BCUT2D eigenvalue weighted by Crippen LogP contribution is -2.43. The molecule has 0 unspecified atom stereocenters. The molecule has 1 fully saturated rings. The Bertz CT molecular complexity index is 875. The minimum Gasteiger partial charge on any atom is -0.468 e. The van der Waals surface area contributed by atoms with Gasteiger partial charge in [-0.15, -0.1) is 13.2 Å². The number of halogens is 3. The monoisotopic (exact) mass is 426 g/mol. The van der Waals surface area contributed by atoms with Gasteiger partial charge in [0, 0.05) is 5.41 Å². The Labute approximate surface area is 171 Å². The van der Waals surface area contributed by atoms with Crippen molar-refractivity contribution in [3.05, 3.63) is 53.6 Å². The number of hydrogen-bond donors (Lipinski definition) is 0. The van der Waals surface area contributed by atoms with Crippen molar-refractivity contribution in [2.75, 3.05) is 26.6 Å². The van der Waals surface area contributed by atoms with E-state index in [0.29, 0.717) is 25.6 Å². The number of aryl methyl sites for hydroxylation is 1. The van der Waals surface area contributed by atoms with E-state index in [2.05, 4.69) is 11.7 Å². The third kappa shape index (κ3) is 6.11. The highest BCUT2D eigenvalue weighted by Crippen LogP contribution is 2.28. The Morgan fingerprint density at radius 2 is 1.77 bits per heavy atom. The van der Waals surface area contributed by atoms with Gasteiger partial charge in [0.1, 0.15) is 17.2 Å². The molecule has 0 amide bonds. The van der Waals surface area contributed by atoms with Crippen LogP contribution in [0.2, 0.25) is 0 Å². The average molecular weight is 426 g/mol. The molecular formula is C21H21F3O6. The van der Waals surface area contributed by atoms with E-state index in [1.54, 1.807) is 24.3 Å². The van der Waals surface area contributed by atoms with E-state index in [-0.39, 0.29) is 34.8 Å². The fraction of sp³-hybridized carbons (Fsp3) is 0.381. The van der Waals surface area contributed by atoms with Crippen molar-refractivity contribution in [1.29, 1.82) is 0 Å². The average Bonchev–Trinajstić information content (AvgIpc) is 2.65. The molecule has 0 saturated carbocycles. The van der Waals surface area contributed by atoms with Crippen LogP contribution in [-0.4, -0.2) is 38.9 Å². The van der Waals surface area contributed by atoms with Crippen molar-refractivity contribution in [1.82, 2.24) is 0 Å². The lowest BCUT2D eigenvalue weighted by Gasteiger charge is -2.37. The first-order chi connectivity index (χ1) is 14.1. The summed E-state index contributed by atoms with van der Waals surface area (Å²) in [4.78, 5) is 12.2. The van der Waals surface area contributed by atoms with E-state index in [0.717, 1.165) is 6.07 Å². The highest BCUT2D eigenvalue weighted by molar-refractivity contribution is 5.91. The van der Waals surface area contributed by atoms with Crippen LogP contribution in [0.3, 0.4) is 0 Å². The molecule has 0 spiro atoms.